The minimum absolute atomic E-state index is 0.0316. The fraction of sp³-hybridized carbons (Fsp3) is 0.200. The topological polar surface area (TPSA) is 97.7 Å². The van der Waals surface area contributed by atoms with Gasteiger partial charge in [-0.25, -0.2) is 5.43 Å². The van der Waals surface area contributed by atoms with Gasteiger partial charge in [0.2, 0.25) is 0 Å². The smallest absolute Gasteiger partial charge is 0.280 e. The van der Waals surface area contributed by atoms with Crippen LogP contribution in [-0.2, 0) is 12.8 Å². The van der Waals surface area contributed by atoms with E-state index >= 15 is 0 Å². The quantitative estimate of drug-likeness (QED) is 0.389. The SMILES string of the molecule is O=C(N/N=C/c1ccc(-c2ccccc2[N+](=O)[O-])o1)c1csc2c1CCCC2. The Morgan fingerprint density at radius 1 is 1.21 bits per heavy atom. The number of hydrogen-bond donors (Lipinski definition) is 1. The zero-order chi connectivity index (χ0) is 19.5. The van der Waals surface area contributed by atoms with Gasteiger partial charge in [0, 0.05) is 16.3 Å². The Hall–Kier alpha value is -3.26. The number of rotatable bonds is 5. The third-order valence-corrected chi connectivity index (χ3v) is 5.75. The van der Waals surface area contributed by atoms with E-state index in [0.717, 1.165) is 24.8 Å². The van der Waals surface area contributed by atoms with E-state index in [0.29, 0.717) is 22.6 Å². The van der Waals surface area contributed by atoms with Gasteiger partial charge in [0.15, 0.2) is 0 Å². The molecule has 0 saturated heterocycles. The van der Waals surface area contributed by atoms with Gasteiger partial charge in [0.25, 0.3) is 11.6 Å². The number of hydrogen-bond acceptors (Lipinski definition) is 6. The van der Waals surface area contributed by atoms with Crippen LogP contribution in [0.3, 0.4) is 0 Å². The number of nitro benzene ring substituents is 1. The number of nitrogens with zero attached hydrogens (tertiary/aromatic N) is 2. The molecule has 0 fully saturated rings. The number of amides is 1. The number of carbonyl (C=O) groups is 1. The van der Waals surface area contributed by atoms with Crippen molar-refractivity contribution in [2.45, 2.75) is 25.7 Å². The molecule has 3 aromatic rings. The van der Waals surface area contributed by atoms with Crippen molar-refractivity contribution in [3.05, 3.63) is 73.7 Å². The Kier molecular flexibility index (Phi) is 5.03. The van der Waals surface area contributed by atoms with Crippen LogP contribution in [0.1, 0.15) is 39.4 Å². The summed E-state index contributed by atoms with van der Waals surface area (Å²) in [6, 6.07) is 9.65. The predicted molar refractivity (Wildman–Crippen MR) is 107 cm³/mol. The van der Waals surface area contributed by atoms with E-state index in [9.17, 15) is 14.9 Å². The standard InChI is InChI=1S/C20H17N3O4S/c24-20(16-12-28-19-8-4-2-5-14(16)19)22-21-11-13-9-10-18(27-13)15-6-1-3-7-17(15)23(25)26/h1,3,6-7,9-12H,2,4-5,8H2,(H,22,24)/b21-11+. The molecule has 1 N–H and O–H groups in total. The van der Waals surface area contributed by atoms with E-state index in [1.54, 1.807) is 41.7 Å². The van der Waals surface area contributed by atoms with Crippen molar-refractivity contribution in [1.29, 1.82) is 0 Å². The first-order valence-electron chi connectivity index (χ1n) is 8.90. The van der Waals surface area contributed by atoms with Crippen LogP contribution < -0.4 is 5.43 Å². The van der Waals surface area contributed by atoms with Gasteiger partial charge in [0.1, 0.15) is 11.5 Å². The maximum atomic E-state index is 12.4. The lowest BCUT2D eigenvalue weighted by molar-refractivity contribution is -0.384. The molecule has 0 atom stereocenters. The van der Waals surface area contributed by atoms with Crippen LogP contribution >= 0.6 is 11.3 Å². The molecule has 0 unspecified atom stereocenters. The zero-order valence-corrected chi connectivity index (χ0v) is 15.7. The van der Waals surface area contributed by atoms with E-state index in [4.69, 9.17) is 4.42 Å². The Balaban J connectivity index is 1.46. The third kappa shape index (κ3) is 3.59. The largest absolute Gasteiger partial charge is 0.455 e. The van der Waals surface area contributed by atoms with Gasteiger partial charge >= 0.3 is 0 Å². The first-order valence-corrected chi connectivity index (χ1v) is 9.77. The first kappa shape index (κ1) is 18.1. The molecule has 1 aliphatic carbocycles. The number of nitro groups is 1. The number of thiophene rings is 1. The average Bonchev–Trinajstić information content (AvgIpc) is 3.35. The lowest BCUT2D eigenvalue weighted by Gasteiger charge is -2.11. The monoisotopic (exact) mass is 395 g/mol. The van der Waals surface area contributed by atoms with Crippen LogP contribution in [0, 0.1) is 10.1 Å². The molecule has 2 aromatic heterocycles. The fourth-order valence-electron chi connectivity index (χ4n) is 3.31. The van der Waals surface area contributed by atoms with Crippen LogP contribution in [0.15, 0.2) is 51.3 Å². The summed E-state index contributed by atoms with van der Waals surface area (Å²) in [5.41, 5.74) is 4.72. The second kappa shape index (κ2) is 7.77. The van der Waals surface area contributed by atoms with Crippen molar-refractivity contribution < 1.29 is 14.1 Å². The summed E-state index contributed by atoms with van der Waals surface area (Å²) in [5.74, 6) is 0.522. The van der Waals surface area contributed by atoms with Crippen molar-refractivity contribution in [2.24, 2.45) is 5.10 Å². The van der Waals surface area contributed by atoms with Crippen LogP contribution in [0.25, 0.3) is 11.3 Å². The highest BCUT2D eigenvalue weighted by Crippen LogP contribution is 2.31. The molecule has 0 aliphatic heterocycles. The number of hydrazone groups is 1. The van der Waals surface area contributed by atoms with Crippen LogP contribution in [-0.4, -0.2) is 17.0 Å². The normalized spacial score (nSPS) is 13.4. The maximum Gasteiger partial charge on any atom is 0.280 e. The molecule has 0 radical (unpaired) electrons. The van der Waals surface area contributed by atoms with Crippen LogP contribution in [0.4, 0.5) is 5.69 Å². The summed E-state index contributed by atoms with van der Waals surface area (Å²) in [6.45, 7) is 0. The highest BCUT2D eigenvalue weighted by atomic mass is 32.1. The number of benzene rings is 1. The second-order valence-electron chi connectivity index (χ2n) is 6.43. The molecule has 8 heteroatoms. The number of carbonyl (C=O) groups excluding carboxylic acids is 1. The molecule has 2 heterocycles. The van der Waals surface area contributed by atoms with Crippen molar-refractivity contribution in [3.8, 4) is 11.3 Å². The maximum absolute atomic E-state index is 12.4. The Morgan fingerprint density at radius 2 is 2.04 bits per heavy atom. The molecular formula is C20H17N3O4S. The number of nitrogens with one attached hydrogen (secondary N) is 1. The van der Waals surface area contributed by atoms with Crippen molar-refractivity contribution in [2.75, 3.05) is 0 Å². The molecule has 0 spiro atoms. The second-order valence-corrected chi connectivity index (χ2v) is 7.40. The number of furan rings is 1. The highest BCUT2D eigenvalue weighted by molar-refractivity contribution is 7.10. The summed E-state index contributed by atoms with van der Waals surface area (Å²) in [6.07, 6.45) is 5.64. The summed E-state index contributed by atoms with van der Waals surface area (Å²) in [7, 11) is 0. The van der Waals surface area contributed by atoms with E-state index in [2.05, 4.69) is 10.5 Å². The van der Waals surface area contributed by atoms with Gasteiger partial charge in [-0.05, 0) is 49.4 Å². The predicted octanol–water partition coefficient (Wildman–Crippen LogP) is 4.56. The van der Waals surface area contributed by atoms with E-state index < -0.39 is 4.92 Å². The average molecular weight is 395 g/mol. The number of aryl methyl sites for hydroxylation is 1. The molecule has 0 bridgehead atoms. The van der Waals surface area contributed by atoms with Crippen LogP contribution in [0.5, 0.6) is 0 Å². The molecule has 1 amide bonds. The first-order chi connectivity index (χ1) is 13.6. The molecule has 142 valence electrons. The fourth-order valence-corrected chi connectivity index (χ4v) is 4.43. The lowest BCUT2D eigenvalue weighted by Crippen LogP contribution is -2.19. The summed E-state index contributed by atoms with van der Waals surface area (Å²) < 4.78 is 5.62. The van der Waals surface area contributed by atoms with E-state index in [-0.39, 0.29) is 11.6 Å². The molecule has 4 rings (SSSR count). The molecular weight excluding hydrogens is 378 g/mol. The lowest BCUT2D eigenvalue weighted by atomic mass is 9.96. The van der Waals surface area contributed by atoms with E-state index in [1.165, 1.54) is 23.6 Å². The minimum Gasteiger partial charge on any atom is -0.455 e. The van der Waals surface area contributed by atoms with Crippen molar-refractivity contribution in [1.82, 2.24) is 5.43 Å². The highest BCUT2D eigenvalue weighted by Gasteiger charge is 2.20. The summed E-state index contributed by atoms with van der Waals surface area (Å²) in [4.78, 5) is 24.4. The number of fused-ring (bicyclic) bond motifs is 1. The van der Waals surface area contributed by atoms with Gasteiger partial charge in [-0.15, -0.1) is 11.3 Å². The Morgan fingerprint density at radius 3 is 2.89 bits per heavy atom. The Bertz CT molecular complexity index is 1070. The third-order valence-electron chi connectivity index (χ3n) is 4.66. The van der Waals surface area contributed by atoms with Gasteiger partial charge in [-0.3, -0.25) is 14.9 Å². The molecule has 0 saturated carbocycles. The molecule has 7 nitrogen and oxygen atoms in total. The van der Waals surface area contributed by atoms with Gasteiger partial charge in [-0.2, -0.15) is 5.10 Å². The summed E-state index contributed by atoms with van der Waals surface area (Å²) in [5, 5.41) is 17.0. The van der Waals surface area contributed by atoms with Crippen molar-refractivity contribution >= 4 is 29.1 Å². The zero-order valence-electron chi connectivity index (χ0n) is 14.9. The van der Waals surface area contributed by atoms with Crippen LogP contribution in [0.2, 0.25) is 0 Å². The van der Waals surface area contributed by atoms with Gasteiger partial charge in [0.05, 0.1) is 22.3 Å². The minimum atomic E-state index is -0.451. The van der Waals surface area contributed by atoms with Gasteiger partial charge < -0.3 is 4.42 Å². The van der Waals surface area contributed by atoms with E-state index in [1.807, 2.05) is 5.38 Å². The summed E-state index contributed by atoms with van der Waals surface area (Å²) >= 11 is 1.63. The number of para-hydroxylation sites is 1. The Labute approximate surface area is 164 Å². The molecule has 28 heavy (non-hydrogen) atoms. The molecule has 1 aromatic carbocycles. The van der Waals surface area contributed by atoms with Gasteiger partial charge in [-0.1, -0.05) is 12.1 Å². The van der Waals surface area contributed by atoms with Crippen molar-refractivity contribution in [3.63, 3.8) is 0 Å². The molecule has 1 aliphatic rings.